The third-order valence-corrected chi connectivity index (χ3v) is 3.27. The van der Waals surface area contributed by atoms with Crippen molar-refractivity contribution in [2.24, 2.45) is 0 Å². The molecule has 96 valence electrons. The first-order chi connectivity index (χ1) is 9.02. The zero-order valence-electron chi connectivity index (χ0n) is 11.3. The molecule has 4 heteroatoms. The van der Waals surface area contributed by atoms with Crippen LogP contribution in [0.5, 0.6) is 0 Å². The second kappa shape index (κ2) is 5.07. The fourth-order valence-electron chi connectivity index (χ4n) is 2.05. The molecule has 19 heavy (non-hydrogen) atoms. The summed E-state index contributed by atoms with van der Waals surface area (Å²) < 4.78 is 1.57. The molecule has 0 N–H and O–H groups in total. The van der Waals surface area contributed by atoms with E-state index in [1.165, 1.54) is 11.8 Å². The van der Waals surface area contributed by atoms with Crippen LogP contribution in [0.4, 0.5) is 0 Å². The summed E-state index contributed by atoms with van der Waals surface area (Å²) in [6.07, 6.45) is 3.17. The van der Waals surface area contributed by atoms with Crippen LogP contribution in [-0.2, 0) is 6.54 Å². The Balaban J connectivity index is 2.31. The van der Waals surface area contributed by atoms with Crippen LogP contribution >= 0.6 is 0 Å². The van der Waals surface area contributed by atoms with Gasteiger partial charge in [-0.05, 0) is 43.5 Å². The molecule has 2 aromatic rings. The van der Waals surface area contributed by atoms with Crippen molar-refractivity contribution in [1.82, 2.24) is 9.55 Å². The van der Waals surface area contributed by atoms with Gasteiger partial charge in [-0.25, -0.2) is 4.98 Å². The number of hydrogen-bond donors (Lipinski definition) is 0. The Labute approximate surface area is 112 Å². The van der Waals surface area contributed by atoms with Gasteiger partial charge in [-0.2, -0.15) is 5.26 Å². The fourth-order valence-corrected chi connectivity index (χ4v) is 2.05. The number of aromatic nitrogens is 2. The standard InChI is InChI=1S/C15H15N3O/c1-10-6-12(3)13(7-11(10)2)14(19)9-18-5-4-17-15(18)8-16/h4-7H,9H2,1-3H3. The van der Waals surface area contributed by atoms with Crippen molar-refractivity contribution in [3.05, 3.63) is 52.6 Å². The highest BCUT2D eigenvalue weighted by atomic mass is 16.1. The second-order valence-electron chi connectivity index (χ2n) is 4.67. The first-order valence-electron chi connectivity index (χ1n) is 6.05. The highest BCUT2D eigenvalue weighted by molar-refractivity contribution is 5.97. The van der Waals surface area contributed by atoms with Gasteiger partial charge < -0.3 is 4.57 Å². The maximum Gasteiger partial charge on any atom is 0.213 e. The lowest BCUT2D eigenvalue weighted by molar-refractivity contribution is 0.0971. The van der Waals surface area contributed by atoms with Crippen molar-refractivity contribution < 1.29 is 4.79 Å². The van der Waals surface area contributed by atoms with E-state index in [0.29, 0.717) is 5.56 Å². The van der Waals surface area contributed by atoms with Crippen molar-refractivity contribution in [3.63, 3.8) is 0 Å². The van der Waals surface area contributed by atoms with Gasteiger partial charge in [0.2, 0.25) is 5.82 Å². The number of aryl methyl sites for hydroxylation is 3. The molecule has 0 aliphatic heterocycles. The summed E-state index contributed by atoms with van der Waals surface area (Å²) >= 11 is 0. The Hall–Kier alpha value is -2.41. The third-order valence-electron chi connectivity index (χ3n) is 3.27. The summed E-state index contributed by atoms with van der Waals surface area (Å²) in [6, 6.07) is 5.90. The Morgan fingerprint density at radius 2 is 1.95 bits per heavy atom. The van der Waals surface area contributed by atoms with E-state index in [2.05, 4.69) is 4.98 Å². The van der Waals surface area contributed by atoms with Gasteiger partial charge in [0.25, 0.3) is 0 Å². The molecular weight excluding hydrogens is 238 g/mol. The minimum Gasteiger partial charge on any atom is -0.315 e. The molecule has 1 aromatic heterocycles. The topological polar surface area (TPSA) is 58.7 Å². The first-order valence-corrected chi connectivity index (χ1v) is 6.05. The molecule has 0 unspecified atom stereocenters. The van der Waals surface area contributed by atoms with Gasteiger partial charge in [0.15, 0.2) is 5.78 Å². The zero-order chi connectivity index (χ0) is 14.0. The molecule has 4 nitrogen and oxygen atoms in total. The average molecular weight is 253 g/mol. The minimum absolute atomic E-state index is 0.00454. The summed E-state index contributed by atoms with van der Waals surface area (Å²) in [7, 11) is 0. The second-order valence-corrected chi connectivity index (χ2v) is 4.67. The van der Waals surface area contributed by atoms with E-state index < -0.39 is 0 Å². The van der Waals surface area contributed by atoms with Gasteiger partial charge in [-0.1, -0.05) is 6.07 Å². The van der Waals surface area contributed by atoms with Crippen molar-refractivity contribution in [3.8, 4) is 6.07 Å². The molecule has 0 amide bonds. The largest absolute Gasteiger partial charge is 0.315 e. The van der Waals surface area contributed by atoms with Gasteiger partial charge in [-0.15, -0.1) is 0 Å². The van der Waals surface area contributed by atoms with Gasteiger partial charge in [0.05, 0.1) is 6.54 Å². The Morgan fingerprint density at radius 1 is 1.26 bits per heavy atom. The van der Waals surface area contributed by atoms with Gasteiger partial charge >= 0.3 is 0 Å². The number of benzene rings is 1. The summed E-state index contributed by atoms with van der Waals surface area (Å²) in [5.74, 6) is 0.255. The molecule has 0 aliphatic carbocycles. The SMILES string of the molecule is Cc1cc(C)c(C(=O)Cn2ccnc2C#N)cc1C. The molecular formula is C15H15N3O. The van der Waals surface area contributed by atoms with Gasteiger partial charge in [0, 0.05) is 18.0 Å². The van der Waals surface area contributed by atoms with E-state index in [9.17, 15) is 4.79 Å². The van der Waals surface area contributed by atoms with Crippen LogP contribution in [0.25, 0.3) is 0 Å². The van der Waals surface area contributed by atoms with Crippen molar-refractivity contribution in [2.75, 3.05) is 0 Å². The van der Waals surface area contributed by atoms with Crippen molar-refractivity contribution in [1.29, 1.82) is 5.26 Å². The molecule has 0 saturated carbocycles. The number of carbonyl (C=O) groups is 1. The summed E-state index contributed by atoms with van der Waals surface area (Å²) in [4.78, 5) is 16.2. The molecule has 1 heterocycles. The Kier molecular flexibility index (Phi) is 3.48. The van der Waals surface area contributed by atoms with Crippen LogP contribution in [0.15, 0.2) is 24.5 Å². The minimum atomic E-state index is -0.00454. The van der Waals surface area contributed by atoms with Crippen LogP contribution in [-0.4, -0.2) is 15.3 Å². The summed E-state index contributed by atoms with van der Waals surface area (Å²) in [6.45, 7) is 6.09. The molecule has 0 spiro atoms. The number of hydrogen-bond acceptors (Lipinski definition) is 3. The normalized spacial score (nSPS) is 10.2. The smallest absolute Gasteiger partial charge is 0.213 e. The molecule has 1 aromatic carbocycles. The number of nitriles is 1. The Morgan fingerprint density at radius 3 is 2.63 bits per heavy atom. The number of carbonyl (C=O) groups excluding carboxylic acids is 1. The average Bonchev–Trinajstić information content (AvgIpc) is 2.80. The zero-order valence-corrected chi connectivity index (χ0v) is 11.3. The Bertz CT molecular complexity index is 677. The predicted octanol–water partition coefficient (Wildman–Crippen LogP) is 2.56. The molecule has 0 fully saturated rings. The van der Waals surface area contributed by atoms with E-state index in [-0.39, 0.29) is 18.2 Å². The molecule has 0 atom stereocenters. The lowest BCUT2D eigenvalue weighted by Crippen LogP contribution is -2.13. The molecule has 0 aliphatic rings. The van der Waals surface area contributed by atoms with Crippen LogP contribution in [0.3, 0.4) is 0 Å². The lowest BCUT2D eigenvalue weighted by atomic mass is 9.98. The summed E-state index contributed by atoms with van der Waals surface area (Å²) in [5.41, 5.74) is 3.95. The number of ketones is 1. The molecule has 0 saturated heterocycles. The van der Waals surface area contributed by atoms with E-state index in [1.807, 2.05) is 39.0 Å². The quantitative estimate of drug-likeness (QED) is 0.790. The van der Waals surface area contributed by atoms with Crippen LogP contribution < -0.4 is 0 Å². The predicted molar refractivity (Wildman–Crippen MR) is 71.9 cm³/mol. The number of Topliss-reactive ketones (excluding diaryl/α,β-unsaturated/α-hetero) is 1. The maximum atomic E-state index is 12.3. The number of nitrogens with zero attached hydrogens (tertiary/aromatic N) is 3. The highest BCUT2D eigenvalue weighted by Crippen LogP contribution is 2.16. The summed E-state index contributed by atoms with van der Waals surface area (Å²) in [5, 5.41) is 8.88. The van der Waals surface area contributed by atoms with Crippen LogP contribution in [0, 0.1) is 32.1 Å². The van der Waals surface area contributed by atoms with Crippen molar-refractivity contribution >= 4 is 5.78 Å². The maximum absolute atomic E-state index is 12.3. The van der Waals surface area contributed by atoms with E-state index in [0.717, 1.165) is 11.1 Å². The monoisotopic (exact) mass is 253 g/mol. The molecule has 2 rings (SSSR count). The number of rotatable bonds is 3. The third kappa shape index (κ3) is 2.55. The van der Waals surface area contributed by atoms with Crippen LogP contribution in [0.2, 0.25) is 0 Å². The highest BCUT2D eigenvalue weighted by Gasteiger charge is 2.13. The fraction of sp³-hybridized carbons (Fsp3) is 0.267. The molecule has 0 bridgehead atoms. The first kappa shape index (κ1) is 13.0. The van der Waals surface area contributed by atoms with Crippen molar-refractivity contribution in [2.45, 2.75) is 27.3 Å². The lowest BCUT2D eigenvalue weighted by Gasteiger charge is -2.09. The van der Waals surface area contributed by atoms with Gasteiger partial charge in [0.1, 0.15) is 6.07 Å². The molecule has 0 radical (unpaired) electrons. The van der Waals surface area contributed by atoms with Gasteiger partial charge in [-0.3, -0.25) is 4.79 Å². The van der Waals surface area contributed by atoms with Crippen LogP contribution in [0.1, 0.15) is 32.9 Å². The number of imidazole rings is 1. The van der Waals surface area contributed by atoms with E-state index >= 15 is 0 Å². The van der Waals surface area contributed by atoms with E-state index in [4.69, 9.17) is 5.26 Å². The van der Waals surface area contributed by atoms with E-state index in [1.54, 1.807) is 10.8 Å².